The molecule has 1 aromatic carbocycles. The van der Waals surface area contributed by atoms with Crippen LogP contribution in [0.5, 0.6) is 0 Å². The smallest absolute Gasteiger partial charge is 0.335 e. The SMILES string of the molecule is O=C(O)c1ccc(C(=O)NCCc2nc3c(s2)CCCC3)cc1. The first-order chi connectivity index (χ1) is 11.1. The molecule has 2 N–H and O–H groups in total. The Hall–Kier alpha value is -2.21. The number of carbonyl (C=O) groups excluding carboxylic acids is 1. The monoisotopic (exact) mass is 330 g/mol. The molecule has 1 amide bonds. The lowest BCUT2D eigenvalue weighted by Gasteiger charge is -2.06. The van der Waals surface area contributed by atoms with Gasteiger partial charge in [0.2, 0.25) is 0 Å². The van der Waals surface area contributed by atoms with Gasteiger partial charge in [-0.1, -0.05) is 0 Å². The first kappa shape index (κ1) is 15.7. The molecular formula is C17H18N2O3S. The van der Waals surface area contributed by atoms with Crippen LogP contribution in [0.2, 0.25) is 0 Å². The first-order valence-electron chi connectivity index (χ1n) is 7.72. The molecule has 0 fully saturated rings. The molecule has 0 saturated carbocycles. The molecular weight excluding hydrogens is 312 g/mol. The minimum Gasteiger partial charge on any atom is -0.478 e. The Morgan fingerprint density at radius 1 is 1.13 bits per heavy atom. The van der Waals surface area contributed by atoms with Gasteiger partial charge in [-0.15, -0.1) is 11.3 Å². The van der Waals surface area contributed by atoms with Crippen molar-refractivity contribution in [2.45, 2.75) is 32.1 Å². The van der Waals surface area contributed by atoms with E-state index in [4.69, 9.17) is 5.11 Å². The molecule has 0 saturated heterocycles. The number of carbonyl (C=O) groups is 2. The highest BCUT2D eigenvalue weighted by atomic mass is 32.1. The maximum atomic E-state index is 12.0. The van der Waals surface area contributed by atoms with Gasteiger partial charge in [0.25, 0.3) is 5.91 Å². The summed E-state index contributed by atoms with van der Waals surface area (Å²) in [5, 5.41) is 12.8. The van der Waals surface area contributed by atoms with E-state index in [0.717, 1.165) is 24.3 Å². The molecule has 2 aromatic rings. The van der Waals surface area contributed by atoms with E-state index in [1.165, 1.54) is 47.7 Å². The number of benzene rings is 1. The maximum Gasteiger partial charge on any atom is 0.335 e. The van der Waals surface area contributed by atoms with Crippen LogP contribution in [-0.2, 0) is 19.3 Å². The fourth-order valence-electron chi connectivity index (χ4n) is 2.66. The fraction of sp³-hybridized carbons (Fsp3) is 0.353. The highest BCUT2D eigenvalue weighted by Crippen LogP contribution is 2.26. The summed E-state index contributed by atoms with van der Waals surface area (Å²) in [4.78, 5) is 28.9. The predicted molar refractivity (Wildman–Crippen MR) is 88.2 cm³/mol. The van der Waals surface area contributed by atoms with E-state index in [9.17, 15) is 9.59 Å². The van der Waals surface area contributed by atoms with Crippen LogP contribution >= 0.6 is 11.3 Å². The Morgan fingerprint density at radius 3 is 2.52 bits per heavy atom. The number of aryl methyl sites for hydroxylation is 2. The Balaban J connectivity index is 1.52. The molecule has 1 heterocycles. The third-order valence-electron chi connectivity index (χ3n) is 3.91. The van der Waals surface area contributed by atoms with Crippen molar-refractivity contribution < 1.29 is 14.7 Å². The van der Waals surface area contributed by atoms with Crippen LogP contribution in [-0.4, -0.2) is 28.5 Å². The van der Waals surface area contributed by atoms with E-state index in [1.807, 2.05) is 0 Å². The Bertz CT molecular complexity index is 698. The van der Waals surface area contributed by atoms with Gasteiger partial charge in [-0.05, 0) is 49.9 Å². The van der Waals surface area contributed by atoms with Crippen molar-refractivity contribution in [1.82, 2.24) is 10.3 Å². The van der Waals surface area contributed by atoms with Gasteiger partial charge in [0.15, 0.2) is 0 Å². The lowest BCUT2D eigenvalue weighted by molar-refractivity contribution is 0.0696. The lowest BCUT2D eigenvalue weighted by atomic mass is 10.0. The third-order valence-corrected chi connectivity index (χ3v) is 5.13. The van der Waals surface area contributed by atoms with E-state index >= 15 is 0 Å². The summed E-state index contributed by atoms with van der Waals surface area (Å²) < 4.78 is 0. The van der Waals surface area contributed by atoms with Gasteiger partial charge in [-0.2, -0.15) is 0 Å². The molecule has 1 aromatic heterocycles. The molecule has 0 unspecified atom stereocenters. The molecule has 6 heteroatoms. The lowest BCUT2D eigenvalue weighted by Crippen LogP contribution is -2.25. The van der Waals surface area contributed by atoms with E-state index in [-0.39, 0.29) is 11.5 Å². The topological polar surface area (TPSA) is 79.3 Å². The Morgan fingerprint density at radius 2 is 1.83 bits per heavy atom. The largest absolute Gasteiger partial charge is 0.478 e. The van der Waals surface area contributed by atoms with E-state index in [0.29, 0.717) is 12.1 Å². The summed E-state index contributed by atoms with van der Waals surface area (Å²) in [5.74, 6) is -1.19. The number of carboxylic acid groups (broad SMARTS) is 1. The minimum absolute atomic E-state index is 0.176. The minimum atomic E-state index is -0.996. The zero-order chi connectivity index (χ0) is 16.2. The van der Waals surface area contributed by atoms with Gasteiger partial charge in [-0.25, -0.2) is 9.78 Å². The van der Waals surface area contributed by atoms with Gasteiger partial charge >= 0.3 is 5.97 Å². The number of nitrogens with one attached hydrogen (secondary N) is 1. The van der Waals surface area contributed by atoms with Gasteiger partial charge in [0.05, 0.1) is 16.3 Å². The summed E-state index contributed by atoms with van der Waals surface area (Å²) >= 11 is 1.76. The molecule has 0 aliphatic heterocycles. The molecule has 1 aliphatic rings. The second-order valence-electron chi connectivity index (χ2n) is 5.57. The maximum absolute atomic E-state index is 12.0. The van der Waals surface area contributed by atoms with Crippen LogP contribution in [0.15, 0.2) is 24.3 Å². The highest BCUT2D eigenvalue weighted by Gasteiger charge is 2.15. The summed E-state index contributed by atoms with van der Waals surface area (Å²) in [6, 6.07) is 5.93. The molecule has 5 nitrogen and oxygen atoms in total. The summed E-state index contributed by atoms with van der Waals surface area (Å²) in [6.07, 6.45) is 5.41. The summed E-state index contributed by atoms with van der Waals surface area (Å²) in [5.41, 5.74) is 1.88. The Kier molecular flexibility index (Phi) is 4.71. The summed E-state index contributed by atoms with van der Waals surface area (Å²) in [6.45, 7) is 0.534. The van der Waals surface area contributed by atoms with Crippen molar-refractivity contribution in [1.29, 1.82) is 0 Å². The quantitative estimate of drug-likeness (QED) is 0.883. The zero-order valence-electron chi connectivity index (χ0n) is 12.7. The summed E-state index contributed by atoms with van der Waals surface area (Å²) in [7, 11) is 0. The van der Waals surface area contributed by atoms with Crippen LogP contribution < -0.4 is 5.32 Å². The Labute approximate surface area is 138 Å². The molecule has 0 radical (unpaired) electrons. The number of thiazole rings is 1. The molecule has 0 spiro atoms. The van der Waals surface area contributed by atoms with Crippen molar-refractivity contribution in [2.24, 2.45) is 0 Å². The number of fused-ring (bicyclic) bond motifs is 1. The number of amides is 1. The second-order valence-corrected chi connectivity index (χ2v) is 6.74. The van der Waals surface area contributed by atoms with Crippen molar-refractivity contribution in [3.8, 4) is 0 Å². The number of hydrogen-bond acceptors (Lipinski definition) is 4. The number of carboxylic acids is 1. The average molecular weight is 330 g/mol. The van der Waals surface area contributed by atoms with Crippen LogP contribution in [0.4, 0.5) is 0 Å². The van der Waals surface area contributed by atoms with Crippen LogP contribution in [0.1, 0.15) is 49.1 Å². The van der Waals surface area contributed by atoms with E-state index < -0.39 is 5.97 Å². The zero-order valence-corrected chi connectivity index (χ0v) is 13.5. The van der Waals surface area contributed by atoms with Crippen molar-refractivity contribution in [3.05, 3.63) is 51.0 Å². The van der Waals surface area contributed by atoms with Gasteiger partial charge in [0.1, 0.15) is 0 Å². The number of hydrogen-bond donors (Lipinski definition) is 2. The second kappa shape index (κ2) is 6.91. The van der Waals surface area contributed by atoms with Crippen molar-refractivity contribution >= 4 is 23.2 Å². The van der Waals surface area contributed by atoms with E-state index in [2.05, 4.69) is 10.3 Å². The number of nitrogens with zero attached hydrogens (tertiary/aromatic N) is 1. The van der Waals surface area contributed by atoms with Gasteiger partial charge in [0, 0.05) is 23.4 Å². The standard InChI is InChI=1S/C17H18N2O3S/c20-16(11-5-7-12(8-6-11)17(21)22)18-10-9-15-19-13-3-1-2-4-14(13)23-15/h5-8H,1-4,9-10H2,(H,18,20)(H,21,22). The normalized spacial score (nSPS) is 13.4. The third kappa shape index (κ3) is 3.76. The molecule has 1 aliphatic carbocycles. The van der Waals surface area contributed by atoms with Crippen LogP contribution in [0, 0.1) is 0 Å². The average Bonchev–Trinajstić information content (AvgIpc) is 2.97. The fourth-order valence-corrected chi connectivity index (χ4v) is 3.82. The molecule has 120 valence electrons. The van der Waals surface area contributed by atoms with Crippen molar-refractivity contribution in [2.75, 3.05) is 6.54 Å². The van der Waals surface area contributed by atoms with Crippen LogP contribution in [0.3, 0.4) is 0 Å². The number of rotatable bonds is 5. The number of aromatic nitrogens is 1. The molecule has 0 atom stereocenters. The highest BCUT2D eigenvalue weighted by molar-refractivity contribution is 7.11. The first-order valence-corrected chi connectivity index (χ1v) is 8.54. The van der Waals surface area contributed by atoms with Crippen molar-refractivity contribution in [3.63, 3.8) is 0 Å². The van der Waals surface area contributed by atoms with E-state index in [1.54, 1.807) is 11.3 Å². The molecule has 0 bridgehead atoms. The predicted octanol–water partition coefficient (Wildman–Crippen LogP) is 2.69. The molecule has 3 rings (SSSR count). The van der Waals surface area contributed by atoms with Gasteiger partial charge in [-0.3, -0.25) is 4.79 Å². The number of aromatic carboxylic acids is 1. The van der Waals surface area contributed by atoms with Crippen LogP contribution in [0.25, 0.3) is 0 Å². The molecule has 23 heavy (non-hydrogen) atoms. The van der Waals surface area contributed by atoms with Gasteiger partial charge < -0.3 is 10.4 Å².